The number of methoxy groups -OCH3 is 1. The lowest BCUT2D eigenvalue weighted by Gasteiger charge is -2.13. The Hall–Kier alpha value is -1.28. The van der Waals surface area contributed by atoms with Crippen molar-refractivity contribution in [1.29, 1.82) is 0 Å². The van der Waals surface area contributed by atoms with E-state index in [0.717, 1.165) is 5.56 Å². The number of hydrogen-bond donors (Lipinski definition) is 1. The molecule has 0 aliphatic rings. The van der Waals surface area contributed by atoms with Crippen molar-refractivity contribution in [1.82, 2.24) is 0 Å². The molecule has 120 valence electrons. The molecule has 1 N–H and O–H groups in total. The average Bonchev–Trinajstić information content (AvgIpc) is 2.35. The predicted octanol–water partition coefficient (Wildman–Crippen LogP) is 3.48. The van der Waals surface area contributed by atoms with Gasteiger partial charge < -0.3 is 4.74 Å². The van der Waals surface area contributed by atoms with Crippen molar-refractivity contribution < 1.29 is 26.3 Å². The van der Waals surface area contributed by atoms with E-state index in [0.29, 0.717) is 5.69 Å². The minimum Gasteiger partial charge on any atom is -0.377 e. The largest absolute Gasteiger partial charge is 0.389 e. The first-order chi connectivity index (χ1) is 9.63. The zero-order chi connectivity index (χ0) is 16.1. The van der Waals surface area contributed by atoms with Crippen LogP contribution < -0.4 is 4.72 Å². The van der Waals surface area contributed by atoms with Crippen LogP contribution in [0.1, 0.15) is 31.4 Å². The fourth-order valence-electron chi connectivity index (χ4n) is 1.68. The summed E-state index contributed by atoms with van der Waals surface area (Å²) in [6.45, 7) is 1.80. The standard InChI is InChI=1S/C13H18F3NO3S/c1-10(20-2)11-5-3-6-12(9-11)17-21(18,19)8-4-7-13(14,15)16/h3,5-6,9-10,17H,4,7-8H2,1-2H3/t10-/m1/s1. The molecule has 0 aromatic heterocycles. The number of sulfonamides is 1. The summed E-state index contributed by atoms with van der Waals surface area (Å²) < 4.78 is 66.9. The summed E-state index contributed by atoms with van der Waals surface area (Å²) >= 11 is 0. The molecule has 1 atom stereocenters. The highest BCUT2D eigenvalue weighted by Gasteiger charge is 2.27. The van der Waals surface area contributed by atoms with Crippen LogP contribution in [0, 0.1) is 0 Å². The van der Waals surface area contributed by atoms with Crippen molar-refractivity contribution >= 4 is 15.7 Å². The molecule has 0 fully saturated rings. The van der Waals surface area contributed by atoms with Crippen molar-refractivity contribution in [3.05, 3.63) is 29.8 Å². The van der Waals surface area contributed by atoms with Crippen LogP contribution in [0.4, 0.5) is 18.9 Å². The van der Waals surface area contributed by atoms with E-state index in [1.165, 1.54) is 13.2 Å². The Labute approximate surface area is 122 Å². The SMILES string of the molecule is CO[C@H](C)c1cccc(NS(=O)(=O)CCCC(F)(F)F)c1. The summed E-state index contributed by atoms with van der Waals surface area (Å²) in [5.74, 6) is -0.573. The number of nitrogens with one attached hydrogen (secondary N) is 1. The molecule has 0 radical (unpaired) electrons. The van der Waals surface area contributed by atoms with E-state index < -0.39 is 34.8 Å². The van der Waals surface area contributed by atoms with Crippen molar-refractivity contribution in [2.45, 2.75) is 32.0 Å². The van der Waals surface area contributed by atoms with Gasteiger partial charge in [0.05, 0.1) is 11.9 Å². The van der Waals surface area contributed by atoms with Gasteiger partial charge >= 0.3 is 6.18 Å². The summed E-state index contributed by atoms with van der Waals surface area (Å²) in [6, 6.07) is 6.55. The van der Waals surface area contributed by atoms with E-state index in [1.54, 1.807) is 25.1 Å². The van der Waals surface area contributed by atoms with Crippen molar-refractivity contribution in [2.24, 2.45) is 0 Å². The maximum atomic E-state index is 12.0. The first kappa shape index (κ1) is 17.8. The third kappa shape index (κ3) is 6.81. The highest BCUT2D eigenvalue weighted by atomic mass is 32.2. The molecule has 0 aliphatic heterocycles. The molecule has 0 bridgehead atoms. The van der Waals surface area contributed by atoms with Crippen LogP contribution in [0.2, 0.25) is 0 Å². The van der Waals surface area contributed by atoms with Crippen molar-refractivity contribution in [2.75, 3.05) is 17.6 Å². The summed E-state index contributed by atoms with van der Waals surface area (Å²) in [6.07, 6.45) is -6.13. The monoisotopic (exact) mass is 325 g/mol. The molecular weight excluding hydrogens is 307 g/mol. The Bertz CT molecular complexity index is 558. The number of hydrogen-bond acceptors (Lipinski definition) is 3. The molecule has 21 heavy (non-hydrogen) atoms. The predicted molar refractivity (Wildman–Crippen MR) is 74.6 cm³/mol. The number of halogens is 3. The molecule has 4 nitrogen and oxygen atoms in total. The second-order valence-corrected chi connectivity index (χ2v) is 6.48. The number of rotatable bonds is 7. The summed E-state index contributed by atoms with van der Waals surface area (Å²) in [4.78, 5) is 0. The van der Waals surface area contributed by atoms with Gasteiger partial charge in [0.25, 0.3) is 0 Å². The smallest absolute Gasteiger partial charge is 0.377 e. The van der Waals surface area contributed by atoms with Crippen LogP contribution in [0.25, 0.3) is 0 Å². The fraction of sp³-hybridized carbons (Fsp3) is 0.538. The minimum atomic E-state index is -4.34. The van der Waals surface area contributed by atoms with Gasteiger partial charge in [-0.25, -0.2) is 8.42 Å². The van der Waals surface area contributed by atoms with Gasteiger partial charge in [-0.15, -0.1) is 0 Å². The average molecular weight is 325 g/mol. The number of anilines is 1. The number of benzene rings is 1. The van der Waals surface area contributed by atoms with E-state index in [1.807, 2.05) is 0 Å². The molecule has 1 rings (SSSR count). The molecule has 8 heteroatoms. The van der Waals surface area contributed by atoms with Crippen LogP contribution in [0.3, 0.4) is 0 Å². The molecule has 1 aromatic rings. The van der Waals surface area contributed by atoms with Crippen molar-refractivity contribution in [3.8, 4) is 0 Å². The topological polar surface area (TPSA) is 55.4 Å². The fourth-order valence-corrected chi connectivity index (χ4v) is 2.80. The first-order valence-corrected chi connectivity index (χ1v) is 7.98. The third-order valence-corrected chi connectivity index (χ3v) is 4.23. The van der Waals surface area contributed by atoms with Crippen LogP contribution >= 0.6 is 0 Å². The van der Waals surface area contributed by atoms with E-state index in [9.17, 15) is 21.6 Å². The lowest BCUT2D eigenvalue weighted by molar-refractivity contribution is -0.134. The molecule has 0 heterocycles. The Morgan fingerprint density at radius 1 is 1.33 bits per heavy atom. The molecule has 0 aliphatic carbocycles. The van der Waals surface area contributed by atoms with Crippen LogP contribution in [0.5, 0.6) is 0 Å². The van der Waals surface area contributed by atoms with Gasteiger partial charge in [-0.2, -0.15) is 13.2 Å². The highest BCUT2D eigenvalue weighted by Crippen LogP contribution is 2.23. The van der Waals surface area contributed by atoms with E-state index in [-0.39, 0.29) is 6.10 Å². The first-order valence-electron chi connectivity index (χ1n) is 6.33. The summed E-state index contributed by atoms with van der Waals surface area (Å²) in [5, 5.41) is 0. The van der Waals surface area contributed by atoms with E-state index >= 15 is 0 Å². The molecule has 0 amide bonds. The number of ether oxygens (including phenoxy) is 1. The van der Waals surface area contributed by atoms with Crippen LogP contribution in [-0.4, -0.2) is 27.5 Å². The third-order valence-electron chi connectivity index (χ3n) is 2.86. The van der Waals surface area contributed by atoms with Crippen LogP contribution in [0.15, 0.2) is 24.3 Å². The van der Waals surface area contributed by atoms with Gasteiger partial charge in [0, 0.05) is 19.2 Å². The quantitative estimate of drug-likeness (QED) is 0.835. The zero-order valence-corrected chi connectivity index (χ0v) is 12.6. The van der Waals surface area contributed by atoms with Gasteiger partial charge in [-0.05, 0) is 31.0 Å². The second-order valence-electron chi connectivity index (χ2n) is 4.64. The molecular formula is C13H18F3NO3S. The Balaban J connectivity index is 2.67. The maximum absolute atomic E-state index is 12.0. The molecule has 1 aromatic carbocycles. The van der Waals surface area contributed by atoms with Gasteiger partial charge in [0.2, 0.25) is 10.0 Å². The van der Waals surface area contributed by atoms with E-state index in [4.69, 9.17) is 4.74 Å². The van der Waals surface area contributed by atoms with Gasteiger partial charge in [0.1, 0.15) is 0 Å². The summed E-state index contributed by atoms with van der Waals surface area (Å²) in [7, 11) is -2.27. The van der Waals surface area contributed by atoms with Gasteiger partial charge in [-0.3, -0.25) is 4.72 Å². The lowest BCUT2D eigenvalue weighted by atomic mass is 10.1. The molecule has 0 spiro atoms. The van der Waals surface area contributed by atoms with E-state index in [2.05, 4.69) is 4.72 Å². The normalized spacial score (nSPS) is 14.0. The molecule has 0 saturated carbocycles. The minimum absolute atomic E-state index is 0.209. The van der Waals surface area contributed by atoms with Crippen molar-refractivity contribution in [3.63, 3.8) is 0 Å². The Morgan fingerprint density at radius 3 is 2.57 bits per heavy atom. The zero-order valence-electron chi connectivity index (χ0n) is 11.8. The summed E-state index contributed by atoms with van der Waals surface area (Å²) in [5.41, 5.74) is 1.08. The highest BCUT2D eigenvalue weighted by molar-refractivity contribution is 7.92. The second kappa shape index (κ2) is 7.13. The van der Waals surface area contributed by atoms with Crippen LogP contribution in [-0.2, 0) is 14.8 Å². The molecule has 0 saturated heterocycles. The Morgan fingerprint density at radius 2 is 2.00 bits per heavy atom. The van der Waals surface area contributed by atoms with Gasteiger partial charge in [0.15, 0.2) is 0 Å². The van der Waals surface area contributed by atoms with Gasteiger partial charge in [-0.1, -0.05) is 12.1 Å². The molecule has 0 unspecified atom stereocenters. The number of alkyl halides is 3. The maximum Gasteiger partial charge on any atom is 0.389 e. The Kier molecular flexibility index (Phi) is 6.03. The lowest BCUT2D eigenvalue weighted by Crippen LogP contribution is -2.19.